The van der Waals surface area contributed by atoms with Crippen molar-refractivity contribution in [3.63, 3.8) is 0 Å². The van der Waals surface area contributed by atoms with Crippen LogP contribution in [-0.2, 0) is 0 Å². The second-order valence-corrected chi connectivity index (χ2v) is 5.92. The molecule has 0 aliphatic carbocycles. The van der Waals surface area contributed by atoms with Gasteiger partial charge in [-0.2, -0.15) is 5.26 Å². The van der Waals surface area contributed by atoms with E-state index in [4.69, 9.17) is 5.26 Å². The van der Waals surface area contributed by atoms with Gasteiger partial charge in [-0.25, -0.2) is 0 Å². The van der Waals surface area contributed by atoms with E-state index in [-0.39, 0.29) is 5.54 Å². The summed E-state index contributed by atoms with van der Waals surface area (Å²) >= 11 is 3.64. The van der Waals surface area contributed by atoms with E-state index in [9.17, 15) is 0 Å². The zero-order chi connectivity index (χ0) is 11.1. The van der Waals surface area contributed by atoms with Crippen LogP contribution in [0.25, 0.3) is 0 Å². The lowest BCUT2D eigenvalue weighted by molar-refractivity contribution is 0.451. The third-order valence-corrected chi connectivity index (χ3v) is 4.58. The normalized spacial score (nSPS) is 14.5. The maximum absolute atomic E-state index is 8.95. The molecule has 1 unspecified atom stereocenters. The van der Waals surface area contributed by atoms with Gasteiger partial charge in [0.05, 0.1) is 10.3 Å². The second kappa shape index (κ2) is 6.16. The number of nitriles is 1. The number of thiophene rings is 1. The molecule has 0 aliphatic rings. The highest BCUT2D eigenvalue weighted by atomic mass is 32.2. The Kier molecular flexibility index (Phi) is 5.16. The Balaban J connectivity index is 2.20. The largest absolute Gasteiger partial charge is 0.303 e. The van der Waals surface area contributed by atoms with E-state index in [1.54, 1.807) is 11.3 Å². The Morgan fingerprint density at radius 3 is 3.00 bits per heavy atom. The van der Waals surface area contributed by atoms with Crippen LogP contribution in [0, 0.1) is 11.3 Å². The average Bonchev–Trinajstić information content (AvgIpc) is 2.77. The van der Waals surface area contributed by atoms with Crippen molar-refractivity contribution in [1.82, 2.24) is 5.32 Å². The van der Waals surface area contributed by atoms with E-state index < -0.39 is 0 Å². The van der Waals surface area contributed by atoms with Crippen LogP contribution >= 0.6 is 23.1 Å². The lowest BCUT2D eigenvalue weighted by Gasteiger charge is -2.19. The Hall–Kier alpha value is -0.500. The molecular weight excluding hydrogens is 224 g/mol. The van der Waals surface area contributed by atoms with Crippen molar-refractivity contribution < 1.29 is 0 Å². The van der Waals surface area contributed by atoms with E-state index in [2.05, 4.69) is 28.9 Å². The molecule has 2 nitrogen and oxygen atoms in total. The molecular formula is C11H16N2S2. The van der Waals surface area contributed by atoms with Crippen LogP contribution < -0.4 is 5.32 Å². The minimum Gasteiger partial charge on any atom is -0.303 e. The van der Waals surface area contributed by atoms with Crippen LogP contribution in [0.2, 0.25) is 0 Å². The Morgan fingerprint density at radius 2 is 2.47 bits per heavy atom. The van der Waals surface area contributed by atoms with Crippen molar-refractivity contribution in [2.75, 3.05) is 12.8 Å². The highest BCUT2D eigenvalue weighted by Gasteiger charge is 2.19. The Labute approximate surface area is 99.7 Å². The molecule has 0 spiro atoms. The topological polar surface area (TPSA) is 35.8 Å². The van der Waals surface area contributed by atoms with E-state index in [0.29, 0.717) is 0 Å². The molecule has 0 aromatic carbocycles. The van der Waals surface area contributed by atoms with E-state index in [1.807, 2.05) is 25.7 Å². The van der Waals surface area contributed by atoms with Crippen LogP contribution in [0.5, 0.6) is 0 Å². The van der Waals surface area contributed by atoms with Crippen LogP contribution in [0.1, 0.15) is 19.8 Å². The van der Waals surface area contributed by atoms with Crippen LogP contribution in [0.4, 0.5) is 0 Å². The molecule has 4 heteroatoms. The fraction of sp³-hybridized carbons (Fsp3) is 0.545. The number of thioether (sulfide) groups is 1. The maximum Gasteiger partial charge on any atom is 0.103 e. The van der Waals surface area contributed by atoms with E-state index in [0.717, 1.165) is 18.6 Å². The number of nitrogens with one attached hydrogen (secondary N) is 1. The molecule has 15 heavy (non-hydrogen) atoms. The molecule has 0 radical (unpaired) electrons. The summed E-state index contributed by atoms with van der Waals surface area (Å²) in [6.07, 6.45) is 1.96. The van der Waals surface area contributed by atoms with Gasteiger partial charge < -0.3 is 5.32 Å². The summed E-state index contributed by atoms with van der Waals surface area (Å²) in [6.45, 7) is 1.95. The summed E-state index contributed by atoms with van der Waals surface area (Å²) in [5, 5.41) is 14.1. The molecule has 0 amide bonds. The Bertz CT molecular complexity index is 316. The molecule has 0 fully saturated rings. The van der Waals surface area contributed by atoms with Crippen molar-refractivity contribution in [3.05, 3.63) is 17.5 Å². The third-order valence-electron chi connectivity index (χ3n) is 2.36. The first-order chi connectivity index (χ1) is 7.20. The first-order valence-electron chi connectivity index (χ1n) is 4.97. The molecule has 82 valence electrons. The van der Waals surface area contributed by atoms with Crippen molar-refractivity contribution in [1.29, 1.82) is 5.26 Å². The molecule has 1 heterocycles. The molecule has 1 atom stereocenters. The van der Waals surface area contributed by atoms with Gasteiger partial charge in [0.1, 0.15) is 5.54 Å². The van der Waals surface area contributed by atoms with Gasteiger partial charge in [0.25, 0.3) is 0 Å². The fourth-order valence-electron chi connectivity index (χ4n) is 1.18. The predicted molar refractivity (Wildman–Crippen MR) is 67.4 cm³/mol. The maximum atomic E-state index is 8.95. The average molecular weight is 240 g/mol. The van der Waals surface area contributed by atoms with Gasteiger partial charge in [-0.05, 0) is 44.0 Å². The fourth-order valence-corrected chi connectivity index (χ4v) is 2.98. The molecule has 0 aliphatic heterocycles. The summed E-state index contributed by atoms with van der Waals surface area (Å²) in [6, 6.07) is 6.51. The van der Waals surface area contributed by atoms with Crippen LogP contribution in [0.15, 0.2) is 21.7 Å². The van der Waals surface area contributed by atoms with E-state index in [1.165, 1.54) is 4.21 Å². The number of hydrogen-bond donors (Lipinski definition) is 1. The summed E-state index contributed by atoms with van der Waals surface area (Å²) in [7, 11) is 1.84. The molecule has 0 bridgehead atoms. The van der Waals surface area contributed by atoms with Gasteiger partial charge in [-0.3, -0.25) is 0 Å². The van der Waals surface area contributed by atoms with Crippen LogP contribution in [-0.4, -0.2) is 18.3 Å². The van der Waals surface area contributed by atoms with Crippen LogP contribution in [0.3, 0.4) is 0 Å². The molecule has 1 rings (SSSR count). The quantitative estimate of drug-likeness (QED) is 0.613. The Morgan fingerprint density at radius 1 is 1.67 bits per heavy atom. The zero-order valence-electron chi connectivity index (χ0n) is 9.12. The minimum atomic E-state index is -0.365. The monoisotopic (exact) mass is 240 g/mol. The van der Waals surface area contributed by atoms with Crippen molar-refractivity contribution in [2.24, 2.45) is 0 Å². The first kappa shape index (κ1) is 12.6. The van der Waals surface area contributed by atoms with Gasteiger partial charge in [0.15, 0.2) is 0 Å². The summed E-state index contributed by atoms with van der Waals surface area (Å²) < 4.78 is 1.36. The van der Waals surface area contributed by atoms with Gasteiger partial charge in [0.2, 0.25) is 0 Å². The van der Waals surface area contributed by atoms with E-state index >= 15 is 0 Å². The minimum absolute atomic E-state index is 0.365. The van der Waals surface area contributed by atoms with Gasteiger partial charge >= 0.3 is 0 Å². The summed E-state index contributed by atoms with van der Waals surface area (Å²) in [5.41, 5.74) is -0.365. The molecule has 1 aromatic heterocycles. The lowest BCUT2D eigenvalue weighted by Crippen LogP contribution is -2.37. The zero-order valence-corrected chi connectivity index (χ0v) is 10.8. The molecule has 1 aromatic rings. The third kappa shape index (κ3) is 4.25. The SMILES string of the molecule is CNC(C)(C#N)CCCSc1cccs1. The summed E-state index contributed by atoms with van der Waals surface area (Å²) in [5.74, 6) is 1.08. The summed E-state index contributed by atoms with van der Waals surface area (Å²) in [4.78, 5) is 0. The smallest absolute Gasteiger partial charge is 0.103 e. The number of nitrogens with zero attached hydrogens (tertiary/aromatic N) is 1. The van der Waals surface area contributed by atoms with Gasteiger partial charge in [0, 0.05) is 0 Å². The molecule has 0 saturated heterocycles. The van der Waals surface area contributed by atoms with Crippen molar-refractivity contribution >= 4 is 23.1 Å². The lowest BCUT2D eigenvalue weighted by atomic mass is 9.99. The molecule has 1 N–H and O–H groups in total. The number of hydrogen-bond acceptors (Lipinski definition) is 4. The van der Waals surface area contributed by atoms with Crippen molar-refractivity contribution in [2.45, 2.75) is 29.5 Å². The number of rotatable bonds is 6. The standard InChI is InChI=1S/C11H16N2S2/c1-11(9-12,13-2)6-4-8-15-10-5-3-7-14-10/h3,5,7,13H,4,6,8H2,1-2H3. The second-order valence-electron chi connectivity index (χ2n) is 3.58. The molecule has 0 saturated carbocycles. The van der Waals surface area contributed by atoms with Crippen molar-refractivity contribution in [3.8, 4) is 6.07 Å². The van der Waals surface area contributed by atoms with Gasteiger partial charge in [-0.15, -0.1) is 23.1 Å². The first-order valence-corrected chi connectivity index (χ1v) is 6.83. The highest BCUT2D eigenvalue weighted by Crippen LogP contribution is 2.25. The highest BCUT2D eigenvalue weighted by molar-refractivity contribution is 8.01. The van der Waals surface area contributed by atoms with Gasteiger partial charge in [-0.1, -0.05) is 6.07 Å². The predicted octanol–water partition coefficient (Wildman–Crippen LogP) is 3.12.